The first-order valence-electron chi connectivity index (χ1n) is 8.80. The maximum Gasteiger partial charge on any atom is 0.408 e. The molecule has 0 atom stereocenters. The quantitative estimate of drug-likeness (QED) is 0.744. The molecule has 2 N–H and O–H groups in total. The normalized spacial score (nSPS) is 17.0. The molecule has 0 saturated carbocycles. The number of anilines is 1. The number of aromatic amines is 1. The number of carbonyl (C=O) groups is 1. The Kier molecular flexibility index (Phi) is 4.80. The van der Waals surface area contributed by atoms with Crippen LogP contribution in [0.5, 0.6) is 0 Å². The highest BCUT2D eigenvalue weighted by atomic mass is 79.9. The van der Waals surface area contributed by atoms with Crippen LogP contribution in [-0.4, -0.2) is 55.2 Å². The second kappa shape index (κ2) is 6.68. The summed E-state index contributed by atoms with van der Waals surface area (Å²) in [5.74, 6) is 0.494. The van der Waals surface area contributed by atoms with Gasteiger partial charge in [-0.3, -0.25) is 4.90 Å². The summed E-state index contributed by atoms with van der Waals surface area (Å²) in [6, 6.07) is 2.13. The molecular formula is C18H23BrN6O2. The van der Waals surface area contributed by atoms with Gasteiger partial charge in [0.1, 0.15) is 11.7 Å². The van der Waals surface area contributed by atoms with E-state index in [4.69, 9.17) is 0 Å². The molecule has 9 heteroatoms. The van der Waals surface area contributed by atoms with Gasteiger partial charge in [-0.25, -0.2) is 9.78 Å². The van der Waals surface area contributed by atoms with Gasteiger partial charge in [-0.1, -0.05) is 0 Å². The van der Waals surface area contributed by atoms with Gasteiger partial charge < -0.3 is 15.0 Å². The molecule has 3 heterocycles. The van der Waals surface area contributed by atoms with Crippen LogP contribution in [0.1, 0.15) is 46.2 Å². The van der Waals surface area contributed by atoms with Gasteiger partial charge in [0.15, 0.2) is 5.69 Å². The highest BCUT2D eigenvalue weighted by molar-refractivity contribution is 9.10. The summed E-state index contributed by atoms with van der Waals surface area (Å²) in [6.07, 6.45) is 2.16. The first-order valence-corrected chi connectivity index (χ1v) is 9.59. The van der Waals surface area contributed by atoms with Crippen molar-refractivity contribution in [2.24, 2.45) is 0 Å². The van der Waals surface area contributed by atoms with E-state index >= 15 is 0 Å². The number of rotatable bonds is 2. The lowest BCUT2D eigenvalue weighted by molar-refractivity contribution is 0.0117. The van der Waals surface area contributed by atoms with Crippen LogP contribution < -0.4 is 4.90 Å². The third kappa shape index (κ3) is 3.46. The molecule has 0 bridgehead atoms. The maximum atomic E-state index is 11.9. The van der Waals surface area contributed by atoms with Gasteiger partial charge >= 0.3 is 6.09 Å². The molecule has 2 aromatic rings. The Balaban J connectivity index is 1.87. The Morgan fingerprint density at radius 2 is 2.04 bits per heavy atom. The molecule has 2 aromatic heterocycles. The number of nitriles is 1. The van der Waals surface area contributed by atoms with Crippen LogP contribution in [0.4, 0.5) is 10.7 Å². The van der Waals surface area contributed by atoms with E-state index in [1.54, 1.807) is 11.1 Å². The van der Waals surface area contributed by atoms with E-state index in [9.17, 15) is 15.2 Å². The van der Waals surface area contributed by atoms with Crippen LogP contribution in [-0.2, 0) is 0 Å². The number of carboxylic acid groups (broad SMARTS) is 1. The van der Waals surface area contributed by atoms with E-state index < -0.39 is 17.2 Å². The van der Waals surface area contributed by atoms with E-state index in [0.717, 1.165) is 4.47 Å². The number of piperidine rings is 1. The lowest BCUT2D eigenvalue weighted by atomic mass is 9.84. The molecule has 1 fully saturated rings. The second-order valence-electron chi connectivity index (χ2n) is 8.12. The number of halogens is 1. The maximum absolute atomic E-state index is 11.9. The van der Waals surface area contributed by atoms with Crippen molar-refractivity contribution in [3.63, 3.8) is 0 Å². The zero-order chi connectivity index (χ0) is 20.0. The number of nitrogens with one attached hydrogen (secondary N) is 1. The molecule has 1 saturated heterocycles. The summed E-state index contributed by atoms with van der Waals surface area (Å²) >= 11 is 3.40. The number of nitrogens with zero attached hydrogens (tertiary/aromatic N) is 5. The summed E-state index contributed by atoms with van der Waals surface area (Å²) in [6.45, 7) is 8.98. The summed E-state index contributed by atoms with van der Waals surface area (Å²) < 4.78 is 0.758. The molecule has 3 rings (SSSR count). The molecule has 0 spiro atoms. The average molecular weight is 435 g/mol. The number of hydrogen-bond acceptors (Lipinski definition) is 5. The monoisotopic (exact) mass is 434 g/mol. The SMILES string of the molecule is CC(C)(C)N(C(=O)O)C1(C)CCN(c2nc(C#N)c3c(Br)c[nH]c3n2)CC1. The molecule has 0 radical (unpaired) electrons. The molecule has 0 unspecified atom stereocenters. The van der Waals surface area contributed by atoms with E-state index in [0.29, 0.717) is 48.6 Å². The van der Waals surface area contributed by atoms with Crippen LogP contribution in [0.15, 0.2) is 10.7 Å². The predicted molar refractivity (Wildman–Crippen MR) is 106 cm³/mol. The topological polar surface area (TPSA) is 109 Å². The van der Waals surface area contributed by atoms with Crippen LogP contribution >= 0.6 is 15.9 Å². The molecule has 0 aromatic carbocycles. The molecule has 0 aliphatic carbocycles. The van der Waals surface area contributed by atoms with E-state index in [-0.39, 0.29) is 0 Å². The highest BCUT2D eigenvalue weighted by Gasteiger charge is 2.44. The van der Waals surface area contributed by atoms with Crippen molar-refractivity contribution >= 4 is 39.0 Å². The van der Waals surface area contributed by atoms with Gasteiger partial charge in [0.05, 0.1) is 5.39 Å². The van der Waals surface area contributed by atoms with Gasteiger partial charge in [0, 0.05) is 34.8 Å². The first kappa shape index (κ1) is 19.4. The molecule has 1 aliphatic heterocycles. The zero-order valence-corrected chi connectivity index (χ0v) is 17.5. The third-order valence-electron chi connectivity index (χ3n) is 5.10. The molecule has 27 heavy (non-hydrogen) atoms. The van der Waals surface area contributed by atoms with Crippen molar-refractivity contribution in [3.05, 3.63) is 16.4 Å². The minimum atomic E-state index is -0.904. The highest BCUT2D eigenvalue weighted by Crippen LogP contribution is 2.35. The van der Waals surface area contributed by atoms with E-state index in [1.807, 2.05) is 32.6 Å². The summed E-state index contributed by atoms with van der Waals surface area (Å²) in [4.78, 5) is 27.5. The summed E-state index contributed by atoms with van der Waals surface area (Å²) in [7, 11) is 0. The third-order valence-corrected chi connectivity index (χ3v) is 5.73. The van der Waals surface area contributed by atoms with Crippen LogP contribution in [0, 0.1) is 11.3 Å². The summed E-state index contributed by atoms with van der Waals surface area (Å²) in [5, 5.41) is 19.9. The Bertz CT molecular complexity index is 918. The van der Waals surface area contributed by atoms with Gasteiger partial charge in [-0.15, -0.1) is 0 Å². The predicted octanol–water partition coefficient (Wildman–Crippen LogP) is 3.73. The molecule has 144 valence electrons. The molecular weight excluding hydrogens is 412 g/mol. The lowest BCUT2D eigenvalue weighted by Crippen LogP contribution is -2.61. The van der Waals surface area contributed by atoms with Crippen molar-refractivity contribution in [1.29, 1.82) is 5.26 Å². The van der Waals surface area contributed by atoms with Gasteiger partial charge in [0.25, 0.3) is 0 Å². The smallest absolute Gasteiger partial charge is 0.408 e. The van der Waals surface area contributed by atoms with Crippen molar-refractivity contribution in [2.75, 3.05) is 18.0 Å². The number of hydrogen-bond donors (Lipinski definition) is 2. The zero-order valence-electron chi connectivity index (χ0n) is 15.9. The molecule has 8 nitrogen and oxygen atoms in total. The van der Waals surface area contributed by atoms with Crippen LogP contribution in [0.2, 0.25) is 0 Å². The Morgan fingerprint density at radius 3 is 2.56 bits per heavy atom. The van der Waals surface area contributed by atoms with E-state index in [1.165, 1.54) is 0 Å². The summed E-state index contributed by atoms with van der Waals surface area (Å²) in [5.41, 5.74) is -0.0159. The standard InChI is InChI=1S/C18H23BrN6O2/c1-17(2,3)25(16(26)27)18(4)5-7-24(8-6-18)15-22-12(9-20)13-11(19)10-21-14(13)23-15/h10H,5-8H2,1-4H3,(H,26,27)(H,21,22,23). The second-order valence-corrected chi connectivity index (χ2v) is 8.97. The van der Waals surface area contributed by atoms with Gasteiger partial charge in [-0.05, 0) is 56.5 Å². The van der Waals surface area contributed by atoms with Crippen molar-refractivity contribution in [1.82, 2.24) is 19.9 Å². The van der Waals surface area contributed by atoms with Gasteiger partial charge in [0.2, 0.25) is 5.95 Å². The molecule has 1 aliphatic rings. The molecule has 1 amide bonds. The number of aromatic nitrogens is 3. The number of fused-ring (bicyclic) bond motifs is 1. The Morgan fingerprint density at radius 1 is 1.41 bits per heavy atom. The van der Waals surface area contributed by atoms with Crippen molar-refractivity contribution in [3.8, 4) is 6.07 Å². The van der Waals surface area contributed by atoms with Crippen LogP contribution in [0.3, 0.4) is 0 Å². The lowest BCUT2D eigenvalue weighted by Gasteiger charge is -2.50. The largest absolute Gasteiger partial charge is 0.465 e. The number of H-pyrrole nitrogens is 1. The fourth-order valence-corrected chi connectivity index (χ4v) is 4.44. The Labute approximate surface area is 166 Å². The minimum absolute atomic E-state index is 0.318. The fourth-order valence-electron chi connectivity index (χ4n) is 3.95. The number of amides is 1. The van der Waals surface area contributed by atoms with Crippen molar-refractivity contribution < 1.29 is 9.90 Å². The van der Waals surface area contributed by atoms with Crippen molar-refractivity contribution in [2.45, 2.75) is 51.6 Å². The van der Waals surface area contributed by atoms with Crippen LogP contribution in [0.25, 0.3) is 11.0 Å². The average Bonchev–Trinajstić information content (AvgIpc) is 2.94. The fraction of sp³-hybridized carbons (Fsp3) is 0.556. The minimum Gasteiger partial charge on any atom is -0.465 e. The van der Waals surface area contributed by atoms with E-state index in [2.05, 4.69) is 37.0 Å². The Hall–Kier alpha value is -2.34. The van der Waals surface area contributed by atoms with Gasteiger partial charge in [-0.2, -0.15) is 10.2 Å². The first-order chi connectivity index (χ1) is 12.6.